The van der Waals surface area contributed by atoms with Gasteiger partial charge in [-0.15, -0.1) is 0 Å². The lowest BCUT2D eigenvalue weighted by atomic mass is 10.0. The molecular weight excluding hydrogens is 961 g/mol. The number of rotatable bonds is 61. The Morgan fingerprint density at radius 2 is 0.500 bits per heavy atom. The van der Waals surface area contributed by atoms with E-state index in [4.69, 9.17) is 14.2 Å². The van der Waals surface area contributed by atoms with Crippen molar-refractivity contribution in [1.82, 2.24) is 0 Å². The van der Waals surface area contributed by atoms with Gasteiger partial charge >= 0.3 is 17.9 Å². The smallest absolute Gasteiger partial charge is 0.306 e. The first kappa shape index (κ1) is 74.6. The second-order valence-electron chi connectivity index (χ2n) is 22.4. The molecule has 0 aliphatic carbocycles. The lowest BCUT2D eigenvalue weighted by Gasteiger charge is -2.18. The van der Waals surface area contributed by atoms with Gasteiger partial charge in [0, 0.05) is 19.3 Å². The number of unbranched alkanes of at least 4 members (excludes halogenated alkanes) is 36. The zero-order valence-corrected chi connectivity index (χ0v) is 51.7. The first-order valence-corrected chi connectivity index (χ1v) is 33.6. The Hall–Kier alpha value is -3.41. The van der Waals surface area contributed by atoms with Gasteiger partial charge in [-0.1, -0.05) is 324 Å². The van der Waals surface area contributed by atoms with E-state index in [0.29, 0.717) is 19.3 Å². The SMILES string of the molecule is CC/C=C\C/C=C\C/C=C\C/C=C\C/C=C\C/C=C\C/C=C\CCCCCCCCCCCCCCCC(=O)OCC(COC(=O)CCCCCCCCCCCCC)OC(=O)CCCCCCCCCCCCCCCC. The third-order valence-electron chi connectivity index (χ3n) is 14.7. The normalized spacial score (nSPS) is 12.6. The highest BCUT2D eigenvalue weighted by molar-refractivity contribution is 5.71. The Morgan fingerprint density at radius 1 is 0.269 bits per heavy atom. The van der Waals surface area contributed by atoms with E-state index in [9.17, 15) is 14.4 Å². The van der Waals surface area contributed by atoms with Gasteiger partial charge in [0.25, 0.3) is 0 Å². The predicted octanol–water partition coefficient (Wildman–Crippen LogP) is 23.1. The summed E-state index contributed by atoms with van der Waals surface area (Å²) < 4.78 is 16.9. The Labute approximate surface area is 484 Å². The second kappa shape index (κ2) is 66.1. The van der Waals surface area contributed by atoms with Gasteiger partial charge in [0.1, 0.15) is 13.2 Å². The molecule has 6 nitrogen and oxygen atoms in total. The fourth-order valence-electron chi connectivity index (χ4n) is 9.66. The van der Waals surface area contributed by atoms with Crippen molar-refractivity contribution in [2.24, 2.45) is 0 Å². The van der Waals surface area contributed by atoms with Gasteiger partial charge in [-0.3, -0.25) is 14.4 Å². The van der Waals surface area contributed by atoms with Crippen LogP contribution in [0.25, 0.3) is 0 Å². The number of esters is 3. The minimum atomic E-state index is -0.771. The highest BCUT2D eigenvalue weighted by Gasteiger charge is 2.19. The van der Waals surface area contributed by atoms with Gasteiger partial charge < -0.3 is 14.2 Å². The maximum atomic E-state index is 12.9. The Kier molecular flexibility index (Phi) is 63.2. The molecule has 6 heteroatoms. The molecule has 0 rings (SSSR count). The fourth-order valence-corrected chi connectivity index (χ4v) is 9.66. The zero-order chi connectivity index (χ0) is 56.4. The van der Waals surface area contributed by atoms with Crippen molar-refractivity contribution in [2.45, 2.75) is 341 Å². The lowest BCUT2D eigenvalue weighted by Crippen LogP contribution is -2.30. The number of hydrogen-bond donors (Lipinski definition) is 0. The molecule has 0 aromatic rings. The molecule has 0 aliphatic rings. The Bertz CT molecular complexity index is 1480. The minimum absolute atomic E-state index is 0.0697. The summed E-state index contributed by atoms with van der Waals surface area (Å²) in [6, 6.07) is 0. The van der Waals surface area contributed by atoms with Gasteiger partial charge in [0.15, 0.2) is 6.10 Å². The first-order valence-electron chi connectivity index (χ1n) is 33.6. The van der Waals surface area contributed by atoms with Gasteiger partial charge in [0.05, 0.1) is 0 Å². The molecule has 0 saturated carbocycles. The van der Waals surface area contributed by atoms with E-state index in [-0.39, 0.29) is 31.1 Å². The third-order valence-corrected chi connectivity index (χ3v) is 14.7. The van der Waals surface area contributed by atoms with E-state index in [1.54, 1.807) is 0 Å². The van der Waals surface area contributed by atoms with Gasteiger partial charge in [-0.2, -0.15) is 0 Å². The van der Waals surface area contributed by atoms with Crippen LogP contribution in [0.2, 0.25) is 0 Å². The van der Waals surface area contributed by atoms with Gasteiger partial charge in [-0.05, 0) is 77.0 Å². The Balaban J connectivity index is 4.10. The van der Waals surface area contributed by atoms with Crippen LogP contribution in [0.5, 0.6) is 0 Å². The molecule has 0 radical (unpaired) electrons. The topological polar surface area (TPSA) is 78.9 Å². The van der Waals surface area contributed by atoms with Crippen molar-refractivity contribution in [3.63, 3.8) is 0 Å². The van der Waals surface area contributed by atoms with Crippen molar-refractivity contribution in [1.29, 1.82) is 0 Å². The molecule has 0 aromatic heterocycles. The average Bonchev–Trinajstić information content (AvgIpc) is 3.44. The summed E-state index contributed by atoms with van der Waals surface area (Å²) >= 11 is 0. The second-order valence-corrected chi connectivity index (χ2v) is 22.4. The molecule has 0 heterocycles. The van der Waals surface area contributed by atoms with Crippen LogP contribution in [0, 0.1) is 0 Å². The predicted molar refractivity (Wildman–Crippen MR) is 339 cm³/mol. The maximum Gasteiger partial charge on any atom is 0.306 e. The van der Waals surface area contributed by atoms with Crippen molar-refractivity contribution in [3.05, 3.63) is 85.1 Å². The molecule has 1 atom stereocenters. The summed E-state index contributed by atoms with van der Waals surface area (Å²) in [6.07, 6.45) is 87.5. The summed E-state index contributed by atoms with van der Waals surface area (Å²) in [6.45, 7) is 6.55. The summed E-state index contributed by atoms with van der Waals surface area (Å²) in [5.41, 5.74) is 0. The molecule has 0 fully saturated rings. The molecule has 0 spiro atoms. The summed E-state index contributed by atoms with van der Waals surface area (Å²) in [5.74, 6) is -0.854. The van der Waals surface area contributed by atoms with Crippen molar-refractivity contribution in [2.75, 3.05) is 13.2 Å². The van der Waals surface area contributed by atoms with Crippen molar-refractivity contribution >= 4 is 17.9 Å². The first-order chi connectivity index (χ1) is 38.5. The molecular formula is C72H126O6. The van der Waals surface area contributed by atoms with E-state index in [1.807, 2.05) is 0 Å². The van der Waals surface area contributed by atoms with Gasteiger partial charge in [-0.25, -0.2) is 0 Å². The van der Waals surface area contributed by atoms with E-state index >= 15 is 0 Å². The highest BCUT2D eigenvalue weighted by Crippen LogP contribution is 2.17. The number of allylic oxidation sites excluding steroid dienone is 14. The fraction of sp³-hybridized carbons (Fsp3) is 0.764. The molecule has 78 heavy (non-hydrogen) atoms. The minimum Gasteiger partial charge on any atom is -0.462 e. The quantitative estimate of drug-likeness (QED) is 0.0261. The van der Waals surface area contributed by atoms with E-state index in [1.165, 1.54) is 193 Å². The van der Waals surface area contributed by atoms with Crippen LogP contribution < -0.4 is 0 Å². The number of ether oxygens (including phenoxy) is 3. The van der Waals surface area contributed by atoms with E-state index in [2.05, 4.69) is 106 Å². The maximum absolute atomic E-state index is 12.9. The van der Waals surface area contributed by atoms with E-state index < -0.39 is 6.10 Å². The van der Waals surface area contributed by atoms with Crippen LogP contribution in [-0.4, -0.2) is 37.2 Å². The lowest BCUT2D eigenvalue weighted by molar-refractivity contribution is -0.167. The van der Waals surface area contributed by atoms with Crippen LogP contribution in [0.4, 0.5) is 0 Å². The van der Waals surface area contributed by atoms with Crippen molar-refractivity contribution < 1.29 is 28.6 Å². The molecule has 450 valence electrons. The monoisotopic (exact) mass is 1090 g/mol. The molecule has 0 aliphatic heterocycles. The summed E-state index contributed by atoms with van der Waals surface area (Å²) in [4.78, 5) is 38.2. The molecule has 0 N–H and O–H groups in total. The molecule has 1 unspecified atom stereocenters. The number of carbonyl (C=O) groups excluding carboxylic acids is 3. The van der Waals surface area contributed by atoms with Gasteiger partial charge in [0.2, 0.25) is 0 Å². The standard InChI is InChI=1S/C72H126O6/c1-4-7-10-13-16-19-22-24-26-27-28-29-30-31-32-33-34-35-36-37-38-39-40-41-42-43-44-45-46-48-50-53-56-59-62-65-71(74)77-68-69(67-76-70(73)64-61-58-55-52-49-21-18-15-12-9-6-3)78-72(75)66-63-60-57-54-51-47-25-23-20-17-14-11-8-5-2/h7,10,16,19,24,26,28-29,31-32,34-35,37-38,69H,4-6,8-9,11-15,17-18,20-23,25,27,30,33,36,39-68H2,1-3H3/b10-7-,19-16-,26-24-,29-28-,32-31-,35-34-,38-37-. The number of carbonyl (C=O) groups is 3. The molecule has 0 saturated heterocycles. The van der Waals surface area contributed by atoms with Crippen LogP contribution in [0.3, 0.4) is 0 Å². The zero-order valence-electron chi connectivity index (χ0n) is 51.7. The largest absolute Gasteiger partial charge is 0.462 e. The van der Waals surface area contributed by atoms with E-state index in [0.717, 1.165) is 103 Å². The summed E-state index contributed by atoms with van der Waals surface area (Å²) in [5, 5.41) is 0. The average molecular weight is 1090 g/mol. The summed E-state index contributed by atoms with van der Waals surface area (Å²) in [7, 11) is 0. The molecule has 0 aromatic carbocycles. The van der Waals surface area contributed by atoms with Crippen molar-refractivity contribution in [3.8, 4) is 0 Å². The molecule has 0 amide bonds. The van der Waals surface area contributed by atoms with Crippen LogP contribution in [0.1, 0.15) is 335 Å². The molecule has 0 bridgehead atoms. The van der Waals surface area contributed by atoms with Crippen LogP contribution in [0.15, 0.2) is 85.1 Å². The van der Waals surface area contributed by atoms with Crippen LogP contribution >= 0.6 is 0 Å². The highest BCUT2D eigenvalue weighted by atomic mass is 16.6. The third kappa shape index (κ3) is 63.4. The van der Waals surface area contributed by atoms with Crippen LogP contribution in [-0.2, 0) is 28.6 Å². The number of hydrogen-bond acceptors (Lipinski definition) is 6. The Morgan fingerprint density at radius 3 is 0.782 bits per heavy atom.